The molecule has 0 heterocycles. The Bertz CT molecular complexity index is 89.1. The fraction of sp³-hybridized carbons (Fsp3) is 0.600. The van der Waals surface area contributed by atoms with Crippen LogP contribution >= 0.6 is 0 Å². The molecule has 0 aliphatic heterocycles. The van der Waals surface area contributed by atoms with Crippen molar-refractivity contribution in [3.8, 4) is 0 Å². The van der Waals surface area contributed by atoms with Gasteiger partial charge in [0, 0.05) is 33.6 Å². The van der Waals surface area contributed by atoms with Crippen molar-refractivity contribution in [1.29, 1.82) is 0 Å². The van der Waals surface area contributed by atoms with Gasteiger partial charge >= 0.3 is 0 Å². The molecule has 58 valence electrons. The van der Waals surface area contributed by atoms with Crippen LogP contribution in [0, 0.1) is 0 Å². The summed E-state index contributed by atoms with van der Waals surface area (Å²) in [4.78, 5) is 20.1. The van der Waals surface area contributed by atoms with E-state index < -0.39 is 0 Å². The van der Waals surface area contributed by atoms with Crippen LogP contribution in [0.5, 0.6) is 0 Å². The van der Waals surface area contributed by atoms with Gasteiger partial charge in [-0.1, -0.05) is 0 Å². The molecule has 0 bridgehead atoms. The summed E-state index contributed by atoms with van der Waals surface area (Å²) in [7, 11) is 0. The average molecular weight is 218 g/mol. The third-order valence-corrected chi connectivity index (χ3v) is 0.498. The summed E-state index contributed by atoms with van der Waals surface area (Å²) in [5.41, 5.74) is 0. The first-order valence-electron chi connectivity index (χ1n) is 2.12. The first kappa shape index (κ1) is 16.2. The van der Waals surface area contributed by atoms with Gasteiger partial charge in [-0.2, -0.15) is 0 Å². The summed E-state index contributed by atoms with van der Waals surface area (Å²) in [6, 6.07) is 0. The predicted octanol–water partition coefficient (Wildman–Crippen LogP) is 0.549. The van der Waals surface area contributed by atoms with E-state index in [4.69, 9.17) is 0 Å². The molecule has 0 N–H and O–H groups in total. The van der Waals surface area contributed by atoms with Crippen LogP contribution in [0.4, 0.5) is 0 Å². The largest absolute Gasteiger partial charge is 0.300 e. The second-order valence-corrected chi connectivity index (χ2v) is 1.58. The van der Waals surface area contributed by atoms with Crippen LogP contribution in [0.1, 0.15) is 20.3 Å². The smallest absolute Gasteiger partial charge is 0.137 e. The summed E-state index contributed by atoms with van der Waals surface area (Å²) in [5.74, 6) is -0.125. The monoisotopic (exact) mass is 218 g/mol. The van der Waals surface area contributed by atoms with Crippen LogP contribution in [0.2, 0.25) is 0 Å². The Morgan fingerprint density at radius 1 is 1.00 bits per heavy atom. The number of carbonyl (C=O) groups is 2. The first-order valence-corrected chi connectivity index (χ1v) is 2.12. The molecule has 0 aliphatic rings. The quantitative estimate of drug-likeness (QED) is 0.634. The molecule has 4 heteroatoms. The normalized spacial score (nSPS) is 6.44. The Kier molecular flexibility index (Phi) is 15.0. The molecular weight excluding hydrogens is 210 g/mol. The fourth-order valence-corrected chi connectivity index (χ4v) is 0.351. The maximum Gasteiger partial charge on any atom is 0.137 e. The second kappa shape index (κ2) is 8.35. The van der Waals surface area contributed by atoms with Gasteiger partial charge in [-0.15, -0.1) is 0 Å². The van der Waals surface area contributed by atoms with Crippen LogP contribution in [0.3, 0.4) is 0 Å². The summed E-state index contributed by atoms with van der Waals surface area (Å²) < 4.78 is 0. The van der Waals surface area contributed by atoms with E-state index in [2.05, 4.69) is 0 Å². The number of hydrogen-bond acceptors (Lipinski definition) is 2. The summed E-state index contributed by atoms with van der Waals surface area (Å²) >= 11 is 0. The van der Waals surface area contributed by atoms with Crippen molar-refractivity contribution in [1.82, 2.24) is 0 Å². The van der Waals surface area contributed by atoms with Crippen molar-refractivity contribution < 1.29 is 43.1 Å². The van der Waals surface area contributed by atoms with Gasteiger partial charge in [-0.05, 0) is 13.8 Å². The summed E-state index contributed by atoms with van der Waals surface area (Å²) in [5, 5.41) is 0. The summed E-state index contributed by atoms with van der Waals surface area (Å²) in [6.07, 6.45) is 0.0833. The number of carbonyl (C=O) groups excluding carboxylic acids is 2. The van der Waals surface area contributed by atoms with Crippen molar-refractivity contribution in [3.63, 3.8) is 0 Å². The van der Waals surface area contributed by atoms with Crippen LogP contribution in [0.25, 0.3) is 0 Å². The van der Waals surface area contributed by atoms with Crippen molar-refractivity contribution in [2.24, 2.45) is 0 Å². The van der Waals surface area contributed by atoms with Gasteiger partial charge in [-0.3, -0.25) is 9.59 Å². The molecule has 0 aliphatic carbocycles. The second-order valence-electron chi connectivity index (χ2n) is 1.58. The first-order chi connectivity index (χ1) is 3.13. The standard InChI is InChI=1S/C5H8O2.2Co/c1-4(6)3-5(2)7;;/h3H2,1-2H3;;. The van der Waals surface area contributed by atoms with Crippen LogP contribution < -0.4 is 0 Å². The van der Waals surface area contributed by atoms with Gasteiger partial charge in [0.25, 0.3) is 0 Å². The maximum atomic E-state index is 10.0. The number of hydrogen-bond donors (Lipinski definition) is 0. The van der Waals surface area contributed by atoms with Crippen LogP contribution in [-0.2, 0) is 43.1 Å². The van der Waals surface area contributed by atoms with Gasteiger partial charge in [0.05, 0.1) is 6.42 Å². The van der Waals surface area contributed by atoms with Gasteiger partial charge in [-0.25, -0.2) is 0 Å². The van der Waals surface area contributed by atoms with E-state index >= 15 is 0 Å². The van der Waals surface area contributed by atoms with E-state index in [0.29, 0.717) is 0 Å². The SMILES string of the molecule is CC(=O)CC(C)=O.[Co].[Co]. The number of Topliss-reactive ketones (excluding diaryl/α,β-unsaturated/α-hetero) is 2. The maximum absolute atomic E-state index is 10.0. The molecule has 0 aromatic heterocycles. The van der Waals surface area contributed by atoms with E-state index in [1.54, 1.807) is 0 Å². The van der Waals surface area contributed by atoms with E-state index in [9.17, 15) is 9.59 Å². The molecule has 0 saturated heterocycles. The number of rotatable bonds is 2. The molecule has 0 rings (SSSR count). The van der Waals surface area contributed by atoms with Gasteiger partial charge in [0.2, 0.25) is 0 Å². The van der Waals surface area contributed by atoms with E-state index in [1.807, 2.05) is 0 Å². The Labute approximate surface area is 75.2 Å². The minimum absolute atomic E-state index is 0. The zero-order valence-electron chi connectivity index (χ0n) is 5.19. The van der Waals surface area contributed by atoms with Crippen LogP contribution in [0.15, 0.2) is 0 Å². The Morgan fingerprint density at radius 2 is 1.22 bits per heavy atom. The molecule has 0 aromatic carbocycles. The molecular formula is C5H8Co2O2. The van der Waals surface area contributed by atoms with E-state index in [-0.39, 0.29) is 51.5 Å². The minimum atomic E-state index is -0.0625. The zero-order valence-corrected chi connectivity index (χ0v) is 7.27. The van der Waals surface area contributed by atoms with Crippen molar-refractivity contribution in [2.45, 2.75) is 20.3 Å². The van der Waals surface area contributed by atoms with E-state index in [1.165, 1.54) is 13.8 Å². The van der Waals surface area contributed by atoms with Crippen molar-refractivity contribution in [2.75, 3.05) is 0 Å². The van der Waals surface area contributed by atoms with Gasteiger partial charge < -0.3 is 0 Å². The molecule has 0 spiro atoms. The van der Waals surface area contributed by atoms with Gasteiger partial charge in [0.15, 0.2) is 0 Å². The van der Waals surface area contributed by atoms with E-state index in [0.717, 1.165) is 0 Å². The Morgan fingerprint density at radius 3 is 1.22 bits per heavy atom. The zero-order chi connectivity index (χ0) is 5.86. The van der Waals surface area contributed by atoms with Crippen molar-refractivity contribution >= 4 is 11.6 Å². The minimum Gasteiger partial charge on any atom is -0.300 e. The Hall–Kier alpha value is 0.353. The molecule has 0 amide bonds. The number of ketones is 2. The molecule has 2 radical (unpaired) electrons. The molecule has 0 fully saturated rings. The predicted molar refractivity (Wildman–Crippen MR) is 26.0 cm³/mol. The molecule has 0 saturated carbocycles. The fourth-order valence-electron chi connectivity index (χ4n) is 0.351. The molecule has 0 aromatic rings. The molecule has 0 atom stereocenters. The topological polar surface area (TPSA) is 34.1 Å². The third kappa shape index (κ3) is 17.8. The summed E-state index contributed by atoms with van der Waals surface area (Å²) in [6.45, 7) is 2.81. The Balaban J connectivity index is -0.000000180. The molecule has 9 heavy (non-hydrogen) atoms. The molecule has 0 unspecified atom stereocenters. The van der Waals surface area contributed by atoms with Crippen molar-refractivity contribution in [3.05, 3.63) is 0 Å². The average Bonchev–Trinajstić information content (AvgIpc) is 1.27. The third-order valence-electron chi connectivity index (χ3n) is 0.498. The van der Waals surface area contributed by atoms with Gasteiger partial charge in [0.1, 0.15) is 11.6 Å². The molecule has 2 nitrogen and oxygen atoms in total. The van der Waals surface area contributed by atoms with Crippen LogP contribution in [-0.4, -0.2) is 11.6 Å².